The van der Waals surface area contributed by atoms with Gasteiger partial charge in [-0.05, 0) is 160 Å². The zero-order valence-corrected chi connectivity index (χ0v) is 23.7. The van der Waals surface area contributed by atoms with Crippen LogP contribution in [0.4, 0.5) is 0 Å². The molecule has 35 heavy (non-hydrogen) atoms. The Kier molecular flexibility index (Phi) is 4.98. The van der Waals surface area contributed by atoms with Gasteiger partial charge in [-0.1, -0.05) is 31.9 Å². The van der Waals surface area contributed by atoms with E-state index in [1.54, 1.807) is 11.1 Å². The summed E-state index contributed by atoms with van der Waals surface area (Å²) >= 11 is 7.79. The molecule has 0 heterocycles. The Hall–Kier alpha value is -0.800. The van der Waals surface area contributed by atoms with Gasteiger partial charge in [-0.2, -0.15) is 0 Å². The summed E-state index contributed by atoms with van der Waals surface area (Å²) in [6.45, 7) is 0. The molecule has 184 valence electrons. The summed E-state index contributed by atoms with van der Waals surface area (Å²) < 4.78 is 9.36. The van der Waals surface area contributed by atoms with Crippen LogP contribution in [-0.4, -0.2) is 0 Å². The molecule has 8 aliphatic carbocycles. The van der Waals surface area contributed by atoms with Crippen molar-refractivity contribution in [2.45, 2.75) is 87.9 Å². The molecule has 0 aliphatic heterocycles. The molecular formula is C32H36Br2O. The van der Waals surface area contributed by atoms with Gasteiger partial charge in [-0.15, -0.1) is 0 Å². The first kappa shape index (κ1) is 22.2. The van der Waals surface area contributed by atoms with E-state index in [-0.39, 0.29) is 0 Å². The van der Waals surface area contributed by atoms with Crippen molar-refractivity contribution in [1.29, 1.82) is 0 Å². The maximum atomic E-state index is 6.87. The van der Waals surface area contributed by atoms with Crippen LogP contribution in [0.3, 0.4) is 0 Å². The molecule has 8 aliphatic rings. The van der Waals surface area contributed by atoms with Crippen LogP contribution in [0.1, 0.15) is 88.2 Å². The van der Waals surface area contributed by atoms with Gasteiger partial charge < -0.3 is 4.74 Å². The van der Waals surface area contributed by atoms with Gasteiger partial charge >= 0.3 is 0 Å². The first-order valence-corrected chi connectivity index (χ1v) is 15.8. The Balaban J connectivity index is 1.32. The fourth-order valence-electron chi connectivity index (χ4n) is 11.2. The summed E-state index contributed by atoms with van der Waals surface area (Å²) in [6.07, 6.45) is 17.4. The van der Waals surface area contributed by atoms with Crippen molar-refractivity contribution < 1.29 is 4.74 Å². The lowest BCUT2D eigenvalue weighted by molar-refractivity contribution is -0.0183. The first-order chi connectivity index (χ1) is 17.0. The van der Waals surface area contributed by atoms with Crippen molar-refractivity contribution in [3.8, 4) is 11.5 Å². The third-order valence-electron chi connectivity index (χ3n) is 11.3. The van der Waals surface area contributed by atoms with E-state index in [9.17, 15) is 0 Å². The van der Waals surface area contributed by atoms with Crippen molar-refractivity contribution in [1.82, 2.24) is 0 Å². The molecule has 0 saturated heterocycles. The molecule has 1 nitrogen and oxygen atoms in total. The number of ether oxygens (including phenoxy) is 1. The van der Waals surface area contributed by atoms with Crippen molar-refractivity contribution >= 4 is 31.9 Å². The zero-order valence-electron chi connectivity index (χ0n) is 20.6. The molecule has 3 heteroatoms. The molecule has 0 radical (unpaired) electrons. The fourth-order valence-corrected chi connectivity index (χ4v) is 12.2. The fraction of sp³-hybridized carbons (Fsp3) is 0.625. The monoisotopic (exact) mass is 594 g/mol. The summed E-state index contributed by atoms with van der Waals surface area (Å²) in [4.78, 5) is 0. The minimum Gasteiger partial charge on any atom is -0.457 e. The second-order valence-electron chi connectivity index (χ2n) is 13.7. The van der Waals surface area contributed by atoms with Gasteiger partial charge in [-0.3, -0.25) is 0 Å². The predicted octanol–water partition coefficient (Wildman–Crippen LogP) is 9.94. The van der Waals surface area contributed by atoms with Gasteiger partial charge in [0.15, 0.2) is 0 Å². The average molecular weight is 596 g/mol. The highest BCUT2D eigenvalue weighted by Crippen LogP contribution is 2.67. The number of halogens is 2. The Morgan fingerprint density at radius 3 is 1.43 bits per heavy atom. The van der Waals surface area contributed by atoms with Gasteiger partial charge in [0.05, 0.1) is 0 Å². The smallest absolute Gasteiger partial charge is 0.131 e. The third-order valence-corrected chi connectivity index (χ3v) is 12.5. The van der Waals surface area contributed by atoms with Gasteiger partial charge in [0.2, 0.25) is 0 Å². The Labute approximate surface area is 227 Å². The molecule has 2 aromatic carbocycles. The topological polar surface area (TPSA) is 9.23 Å². The summed E-state index contributed by atoms with van der Waals surface area (Å²) in [6, 6.07) is 13.1. The molecule has 2 aromatic rings. The van der Waals surface area contributed by atoms with Gasteiger partial charge in [-0.25, -0.2) is 0 Å². The summed E-state index contributed by atoms with van der Waals surface area (Å²) in [5, 5.41) is 0. The van der Waals surface area contributed by atoms with E-state index in [1.807, 2.05) is 0 Å². The molecule has 0 unspecified atom stereocenters. The largest absolute Gasteiger partial charge is 0.457 e. The van der Waals surface area contributed by atoms with E-state index in [0.717, 1.165) is 45.7 Å². The summed E-state index contributed by atoms with van der Waals surface area (Å²) in [5.41, 5.74) is 4.04. The van der Waals surface area contributed by atoms with Crippen LogP contribution in [0.15, 0.2) is 45.3 Å². The summed E-state index contributed by atoms with van der Waals surface area (Å²) in [7, 11) is 0. The molecule has 0 N–H and O–H groups in total. The van der Waals surface area contributed by atoms with Crippen LogP contribution < -0.4 is 4.74 Å². The molecule has 0 atom stereocenters. The lowest BCUT2D eigenvalue weighted by Gasteiger charge is -2.61. The second kappa shape index (κ2) is 7.85. The van der Waals surface area contributed by atoms with Crippen LogP contribution in [-0.2, 0) is 10.8 Å². The highest BCUT2D eigenvalue weighted by atomic mass is 79.9. The van der Waals surface area contributed by atoms with E-state index >= 15 is 0 Å². The molecular weight excluding hydrogens is 560 g/mol. The van der Waals surface area contributed by atoms with E-state index < -0.39 is 0 Å². The first-order valence-electron chi connectivity index (χ1n) is 14.2. The zero-order chi connectivity index (χ0) is 23.4. The molecule has 0 aromatic heterocycles. The van der Waals surface area contributed by atoms with Crippen LogP contribution in [0.5, 0.6) is 11.5 Å². The predicted molar refractivity (Wildman–Crippen MR) is 148 cm³/mol. The van der Waals surface area contributed by atoms with Crippen molar-refractivity contribution in [3.05, 3.63) is 56.5 Å². The minimum atomic E-state index is 0.321. The van der Waals surface area contributed by atoms with E-state index in [1.165, 1.54) is 87.3 Å². The molecule has 8 fully saturated rings. The SMILES string of the molecule is Brc1ccc(Oc2ccc(Br)c(C34CC5CC(CC(C5)C3)C4)c2C23CC4CC(CC(C4)C2)C3)cc1. The quantitative estimate of drug-likeness (QED) is 0.342. The van der Waals surface area contributed by atoms with Gasteiger partial charge in [0, 0.05) is 19.9 Å². The third kappa shape index (κ3) is 3.49. The lowest BCUT2D eigenvalue weighted by atomic mass is 9.44. The number of rotatable bonds is 4. The maximum Gasteiger partial charge on any atom is 0.131 e. The molecule has 8 bridgehead atoms. The molecule has 10 rings (SSSR count). The van der Waals surface area contributed by atoms with Crippen molar-refractivity contribution in [2.75, 3.05) is 0 Å². The number of hydrogen-bond acceptors (Lipinski definition) is 1. The normalized spacial score (nSPS) is 42.6. The number of hydrogen-bond donors (Lipinski definition) is 0. The number of benzene rings is 2. The maximum absolute atomic E-state index is 6.87. The van der Waals surface area contributed by atoms with Crippen LogP contribution >= 0.6 is 31.9 Å². The Morgan fingerprint density at radius 2 is 0.971 bits per heavy atom. The van der Waals surface area contributed by atoms with Gasteiger partial charge in [0.1, 0.15) is 11.5 Å². The van der Waals surface area contributed by atoms with E-state index in [4.69, 9.17) is 4.74 Å². The molecule has 8 saturated carbocycles. The Morgan fingerprint density at radius 1 is 0.543 bits per heavy atom. The van der Waals surface area contributed by atoms with E-state index in [0.29, 0.717) is 10.8 Å². The van der Waals surface area contributed by atoms with Crippen molar-refractivity contribution in [3.63, 3.8) is 0 Å². The van der Waals surface area contributed by atoms with Crippen LogP contribution in [0.25, 0.3) is 0 Å². The van der Waals surface area contributed by atoms with Crippen LogP contribution in [0, 0.1) is 35.5 Å². The lowest BCUT2D eigenvalue weighted by Crippen LogP contribution is -2.52. The minimum absolute atomic E-state index is 0.321. The highest BCUT2D eigenvalue weighted by Gasteiger charge is 2.58. The summed E-state index contributed by atoms with van der Waals surface area (Å²) in [5.74, 6) is 7.80. The highest BCUT2D eigenvalue weighted by molar-refractivity contribution is 9.10. The van der Waals surface area contributed by atoms with Crippen LogP contribution in [0.2, 0.25) is 0 Å². The average Bonchev–Trinajstić information content (AvgIpc) is 2.79. The van der Waals surface area contributed by atoms with Gasteiger partial charge in [0.25, 0.3) is 0 Å². The Bertz CT molecular complexity index is 1090. The second-order valence-corrected chi connectivity index (χ2v) is 15.5. The molecule has 0 spiro atoms. The van der Waals surface area contributed by atoms with E-state index in [2.05, 4.69) is 68.3 Å². The van der Waals surface area contributed by atoms with Crippen molar-refractivity contribution in [2.24, 2.45) is 35.5 Å². The standard InChI is InChI=1S/C32H36Br2O/c33-25-1-3-26(4-2-25)35-28-6-5-27(34)29(31-13-19-7-20(14-31)9-21(8-19)15-31)30(28)32-16-22-10-23(17-32)12-24(11-22)18-32/h1-6,19-24H,7-18H2. The molecule has 0 amide bonds.